The Bertz CT molecular complexity index is 388. The number of nitrogens with zero attached hydrogens (tertiary/aromatic N) is 3. The van der Waals surface area contributed by atoms with Crippen molar-refractivity contribution in [3.63, 3.8) is 0 Å². The first kappa shape index (κ1) is 12.2. The van der Waals surface area contributed by atoms with Gasteiger partial charge in [-0.05, 0) is 13.3 Å². The lowest BCUT2D eigenvalue weighted by Crippen LogP contribution is -2.44. The van der Waals surface area contributed by atoms with Gasteiger partial charge in [0, 0.05) is 13.6 Å². The SMILES string of the molecule is CCCc1nn(C)c(N2CCOCC2C)c1N. The summed E-state index contributed by atoms with van der Waals surface area (Å²) in [4.78, 5) is 2.30. The van der Waals surface area contributed by atoms with E-state index >= 15 is 0 Å². The van der Waals surface area contributed by atoms with E-state index in [9.17, 15) is 0 Å². The molecule has 0 aromatic carbocycles. The van der Waals surface area contributed by atoms with Crippen LogP contribution < -0.4 is 10.6 Å². The maximum atomic E-state index is 6.22. The van der Waals surface area contributed by atoms with E-state index in [1.54, 1.807) is 0 Å². The lowest BCUT2D eigenvalue weighted by molar-refractivity contribution is 0.0982. The third-order valence-electron chi connectivity index (χ3n) is 3.26. The van der Waals surface area contributed by atoms with Crippen LogP contribution in [0.1, 0.15) is 26.0 Å². The second kappa shape index (κ2) is 4.96. The van der Waals surface area contributed by atoms with Crippen molar-refractivity contribution in [3.8, 4) is 0 Å². The second-order valence-electron chi connectivity index (χ2n) is 4.67. The highest BCUT2D eigenvalue weighted by Crippen LogP contribution is 2.29. The molecule has 0 radical (unpaired) electrons. The smallest absolute Gasteiger partial charge is 0.150 e. The van der Waals surface area contributed by atoms with Crippen molar-refractivity contribution >= 4 is 11.5 Å². The molecule has 1 atom stereocenters. The summed E-state index contributed by atoms with van der Waals surface area (Å²) in [6, 6.07) is 0.357. The van der Waals surface area contributed by atoms with E-state index in [4.69, 9.17) is 10.5 Å². The average molecular weight is 238 g/mol. The van der Waals surface area contributed by atoms with Crippen LogP contribution in [0.2, 0.25) is 0 Å². The third kappa shape index (κ3) is 2.24. The Morgan fingerprint density at radius 1 is 1.53 bits per heavy atom. The van der Waals surface area contributed by atoms with Gasteiger partial charge in [-0.15, -0.1) is 0 Å². The Balaban J connectivity index is 2.30. The number of aromatic nitrogens is 2. The fraction of sp³-hybridized carbons (Fsp3) is 0.750. The van der Waals surface area contributed by atoms with Gasteiger partial charge < -0.3 is 15.4 Å². The lowest BCUT2D eigenvalue weighted by Gasteiger charge is -2.35. The topological polar surface area (TPSA) is 56.3 Å². The van der Waals surface area contributed by atoms with E-state index in [0.717, 1.165) is 49.8 Å². The van der Waals surface area contributed by atoms with Crippen molar-refractivity contribution in [3.05, 3.63) is 5.69 Å². The fourth-order valence-corrected chi connectivity index (χ4v) is 2.39. The molecule has 1 aromatic heterocycles. The first-order valence-electron chi connectivity index (χ1n) is 6.30. The second-order valence-corrected chi connectivity index (χ2v) is 4.67. The van der Waals surface area contributed by atoms with Gasteiger partial charge in [0.25, 0.3) is 0 Å². The number of hydrogen-bond donors (Lipinski definition) is 1. The Morgan fingerprint density at radius 3 is 2.94 bits per heavy atom. The van der Waals surface area contributed by atoms with E-state index in [1.807, 2.05) is 11.7 Å². The standard InChI is InChI=1S/C12H22N4O/c1-4-5-10-11(13)12(15(3)14-10)16-6-7-17-8-9(16)2/h9H,4-8,13H2,1-3H3. The lowest BCUT2D eigenvalue weighted by atomic mass is 10.2. The average Bonchev–Trinajstić information content (AvgIpc) is 2.57. The number of hydrogen-bond acceptors (Lipinski definition) is 4. The number of aryl methyl sites for hydroxylation is 2. The molecule has 96 valence electrons. The molecule has 5 nitrogen and oxygen atoms in total. The Labute approximate surface area is 103 Å². The van der Waals surface area contributed by atoms with Crippen LogP contribution in [-0.4, -0.2) is 35.6 Å². The highest BCUT2D eigenvalue weighted by molar-refractivity contribution is 5.67. The molecule has 2 rings (SSSR count). The molecule has 0 saturated carbocycles. The van der Waals surface area contributed by atoms with Crippen LogP contribution in [0.4, 0.5) is 11.5 Å². The van der Waals surface area contributed by atoms with Crippen molar-refractivity contribution < 1.29 is 4.74 Å². The molecule has 0 bridgehead atoms. The van der Waals surface area contributed by atoms with Crippen molar-refractivity contribution in [2.45, 2.75) is 32.7 Å². The molecule has 1 saturated heterocycles. The molecule has 0 amide bonds. The van der Waals surface area contributed by atoms with Gasteiger partial charge in [0.2, 0.25) is 0 Å². The summed E-state index contributed by atoms with van der Waals surface area (Å²) in [5, 5.41) is 4.52. The third-order valence-corrected chi connectivity index (χ3v) is 3.26. The largest absolute Gasteiger partial charge is 0.394 e. The molecule has 0 aliphatic carbocycles. The van der Waals surface area contributed by atoms with Gasteiger partial charge in [0.1, 0.15) is 0 Å². The van der Waals surface area contributed by atoms with E-state index in [2.05, 4.69) is 23.8 Å². The van der Waals surface area contributed by atoms with E-state index < -0.39 is 0 Å². The number of nitrogens with two attached hydrogens (primary N) is 1. The van der Waals surface area contributed by atoms with E-state index in [-0.39, 0.29) is 0 Å². The van der Waals surface area contributed by atoms with Gasteiger partial charge in [-0.3, -0.25) is 4.68 Å². The molecule has 1 aromatic rings. The highest BCUT2D eigenvalue weighted by atomic mass is 16.5. The van der Waals surface area contributed by atoms with Crippen molar-refractivity contribution in [2.24, 2.45) is 7.05 Å². The minimum Gasteiger partial charge on any atom is -0.394 e. The summed E-state index contributed by atoms with van der Waals surface area (Å²) in [7, 11) is 1.97. The minimum absolute atomic E-state index is 0.357. The maximum absolute atomic E-state index is 6.22. The van der Waals surface area contributed by atoms with Gasteiger partial charge in [-0.25, -0.2) is 0 Å². The van der Waals surface area contributed by atoms with Gasteiger partial charge in [0.15, 0.2) is 5.82 Å². The highest BCUT2D eigenvalue weighted by Gasteiger charge is 2.25. The molecule has 1 aliphatic heterocycles. The zero-order valence-electron chi connectivity index (χ0n) is 10.9. The summed E-state index contributed by atoms with van der Waals surface area (Å²) in [6.45, 7) is 6.71. The van der Waals surface area contributed by atoms with Crippen LogP contribution in [-0.2, 0) is 18.2 Å². The predicted octanol–water partition coefficient (Wildman–Crippen LogP) is 1.18. The van der Waals surface area contributed by atoms with Crippen LogP contribution in [0.3, 0.4) is 0 Å². The normalized spacial score (nSPS) is 20.9. The van der Waals surface area contributed by atoms with Crippen LogP contribution in [0.25, 0.3) is 0 Å². The van der Waals surface area contributed by atoms with Crippen molar-refractivity contribution in [1.82, 2.24) is 9.78 Å². The number of rotatable bonds is 3. The zero-order chi connectivity index (χ0) is 12.4. The van der Waals surface area contributed by atoms with Gasteiger partial charge >= 0.3 is 0 Å². The summed E-state index contributed by atoms with van der Waals surface area (Å²) in [5.41, 5.74) is 8.07. The summed E-state index contributed by atoms with van der Waals surface area (Å²) in [5.74, 6) is 1.05. The zero-order valence-corrected chi connectivity index (χ0v) is 10.9. The van der Waals surface area contributed by atoms with Crippen LogP contribution in [0.5, 0.6) is 0 Å². The molecule has 2 N–H and O–H groups in total. The Hall–Kier alpha value is -1.23. The number of morpholine rings is 1. The molecule has 1 fully saturated rings. The van der Waals surface area contributed by atoms with E-state index in [0.29, 0.717) is 6.04 Å². The fourth-order valence-electron chi connectivity index (χ4n) is 2.39. The molecule has 5 heteroatoms. The van der Waals surface area contributed by atoms with Crippen LogP contribution in [0, 0.1) is 0 Å². The predicted molar refractivity (Wildman–Crippen MR) is 69.2 cm³/mol. The van der Waals surface area contributed by atoms with Crippen molar-refractivity contribution in [2.75, 3.05) is 30.4 Å². The van der Waals surface area contributed by atoms with Gasteiger partial charge in [-0.1, -0.05) is 13.3 Å². The number of nitrogen functional groups attached to an aromatic ring is 1. The summed E-state index contributed by atoms with van der Waals surface area (Å²) >= 11 is 0. The van der Waals surface area contributed by atoms with E-state index in [1.165, 1.54) is 0 Å². The van der Waals surface area contributed by atoms with Gasteiger partial charge in [-0.2, -0.15) is 5.10 Å². The maximum Gasteiger partial charge on any atom is 0.150 e. The first-order chi connectivity index (χ1) is 8.15. The number of anilines is 2. The number of ether oxygens (including phenoxy) is 1. The molecule has 2 heterocycles. The Kier molecular flexibility index (Phi) is 3.57. The monoisotopic (exact) mass is 238 g/mol. The Morgan fingerprint density at radius 2 is 2.29 bits per heavy atom. The molecule has 1 unspecified atom stereocenters. The minimum atomic E-state index is 0.357. The molecule has 1 aliphatic rings. The quantitative estimate of drug-likeness (QED) is 0.859. The molecular formula is C12H22N4O. The van der Waals surface area contributed by atoms with Crippen molar-refractivity contribution in [1.29, 1.82) is 0 Å². The molecule has 17 heavy (non-hydrogen) atoms. The molecular weight excluding hydrogens is 216 g/mol. The van der Waals surface area contributed by atoms with Crippen LogP contribution >= 0.6 is 0 Å². The van der Waals surface area contributed by atoms with Gasteiger partial charge in [0.05, 0.1) is 30.6 Å². The summed E-state index contributed by atoms with van der Waals surface area (Å²) < 4.78 is 7.36. The summed E-state index contributed by atoms with van der Waals surface area (Å²) in [6.07, 6.45) is 2.01. The van der Waals surface area contributed by atoms with Crippen LogP contribution in [0.15, 0.2) is 0 Å². The molecule has 0 spiro atoms. The first-order valence-corrected chi connectivity index (χ1v) is 6.30.